The Hall–Kier alpha value is -0.680. The van der Waals surface area contributed by atoms with Crippen LogP contribution in [0.5, 0.6) is 5.75 Å². The summed E-state index contributed by atoms with van der Waals surface area (Å²) in [4.78, 5) is 22.9. The van der Waals surface area contributed by atoms with Crippen LogP contribution in [0, 0.1) is 0 Å². The highest BCUT2D eigenvalue weighted by molar-refractivity contribution is 7.50. The molecule has 1 aromatic rings. The van der Waals surface area contributed by atoms with Gasteiger partial charge in [-0.1, -0.05) is 6.07 Å². The summed E-state index contributed by atoms with van der Waals surface area (Å²) in [5.74, 6) is 0.365. The molecule has 0 aliphatic rings. The Bertz CT molecular complexity index is 513. The molecular weight excluding hydrogens is 306 g/mol. The van der Waals surface area contributed by atoms with Crippen molar-refractivity contribution >= 4 is 15.2 Å². The van der Waals surface area contributed by atoms with E-state index in [0.29, 0.717) is 16.9 Å². The molecule has 0 bridgehead atoms. The van der Waals surface area contributed by atoms with E-state index in [1.165, 1.54) is 25.3 Å². The van der Waals surface area contributed by atoms with Crippen LogP contribution in [0.15, 0.2) is 18.2 Å². The van der Waals surface area contributed by atoms with Gasteiger partial charge in [-0.05, 0) is 23.3 Å². The average molecular weight is 322 g/mol. The highest BCUT2D eigenvalue weighted by Crippen LogP contribution is 2.43. The summed E-state index contributed by atoms with van der Waals surface area (Å²) in [6.45, 7) is 0. The lowest BCUT2D eigenvalue weighted by Crippen LogP contribution is -2.07. The molecule has 0 N–H and O–H groups in total. The summed E-state index contributed by atoms with van der Waals surface area (Å²) in [7, 11) is -4.42. The zero-order valence-electron chi connectivity index (χ0n) is 11.4. The fraction of sp³-hybridized carbons (Fsp3) is 0.455. The zero-order valence-corrected chi connectivity index (χ0v) is 13.2. The van der Waals surface area contributed by atoms with Crippen molar-refractivity contribution < 1.29 is 32.7 Å². The molecule has 1 rings (SSSR count). The van der Waals surface area contributed by atoms with E-state index in [-0.39, 0.29) is 12.3 Å². The third-order valence-electron chi connectivity index (χ3n) is 2.57. The number of ether oxygens (including phenoxy) is 1. The highest BCUT2D eigenvalue weighted by Gasteiger charge is 2.13. The lowest BCUT2D eigenvalue weighted by molar-refractivity contribution is -0.198. The van der Waals surface area contributed by atoms with Crippen LogP contribution in [0.25, 0.3) is 0 Å². The Labute approximate surface area is 117 Å². The second kappa shape index (κ2) is 6.85. The van der Waals surface area contributed by atoms with E-state index in [1.54, 1.807) is 0 Å². The lowest BCUT2D eigenvalue weighted by Gasteiger charge is -2.23. The molecule has 0 aromatic heterocycles. The van der Waals surface area contributed by atoms with Crippen LogP contribution in [0.1, 0.15) is 11.1 Å². The predicted octanol–water partition coefficient (Wildman–Crippen LogP) is 1.09. The van der Waals surface area contributed by atoms with Crippen molar-refractivity contribution in [3.63, 3.8) is 0 Å². The van der Waals surface area contributed by atoms with Crippen LogP contribution in [-0.2, 0) is 30.5 Å². The first-order valence-corrected chi connectivity index (χ1v) is 9.05. The third kappa shape index (κ3) is 5.37. The Balaban J connectivity index is 3.09. The van der Waals surface area contributed by atoms with Crippen LogP contribution in [-0.4, -0.2) is 21.3 Å². The third-order valence-corrected chi connectivity index (χ3v) is 5.19. The number of rotatable bonds is 7. The van der Waals surface area contributed by atoms with Crippen molar-refractivity contribution in [3.05, 3.63) is 29.3 Å². The van der Waals surface area contributed by atoms with E-state index in [0.717, 1.165) is 14.2 Å². The minimum absolute atomic E-state index is 0.343. The summed E-state index contributed by atoms with van der Waals surface area (Å²) in [5.41, 5.74) is 0.770. The van der Waals surface area contributed by atoms with Gasteiger partial charge in [-0.2, -0.15) is 0 Å². The summed E-state index contributed by atoms with van der Waals surface area (Å²) in [5, 5.41) is 0. The molecule has 114 valence electrons. The van der Waals surface area contributed by atoms with Gasteiger partial charge < -0.3 is 32.7 Å². The quantitative estimate of drug-likeness (QED) is 0.691. The first-order chi connectivity index (χ1) is 9.21. The van der Waals surface area contributed by atoms with E-state index < -0.39 is 15.2 Å². The maximum Gasteiger partial charge on any atom is 0.139 e. The fourth-order valence-electron chi connectivity index (χ4n) is 1.61. The SMILES string of the molecule is COc1cc(CP(=O)([O-])OC)cc(CP(=O)([O-])OC)c1. The lowest BCUT2D eigenvalue weighted by atomic mass is 10.1. The van der Waals surface area contributed by atoms with Gasteiger partial charge in [0, 0.05) is 26.5 Å². The van der Waals surface area contributed by atoms with Gasteiger partial charge >= 0.3 is 0 Å². The minimum atomic E-state index is -3.99. The number of methoxy groups -OCH3 is 1. The maximum absolute atomic E-state index is 11.4. The molecule has 2 unspecified atom stereocenters. The maximum atomic E-state index is 11.4. The average Bonchev–Trinajstić information content (AvgIpc) is 2.37. The molecule has 0 heterocycles. The van der Waals surface area contributed by atoms with Crippen molar-refractivity contribution in [2.24, 2.45) is 0 Å². The normalized spacial score (nSPS) is 17.2. The Morgan fingerprint density at radius 2 is 1.30 bits per heavy atom. The summed E-state index contributed by atoms with van der Waals surface area (Å²) < 4.78 is 36.7. The second-order valence-electron chi connectivity index (χ2n) is 4.09. The van der Waals surface area contributed by atoms with Gasteiger partial charge in [-0.25, -0.2) is 0 Å². The van der Waals surface area contributed by atoms with Gasteiger partial charge in [0.05, 0.1) is 7.11 Å². The van der Waals surface area contributed by atoms with Crippen LogP contribution in [0.2, 0.25) is 0 Å². The first kappa shape index (κ1) is 17.4. The van der Waals surface area contributed by atoms with E-state index in [1.807, 2.05) is 0 Å². The minimum Gasteiger partial charge on any atom is -0.778 e. The van der Waals surface area contributed by atoms with E-state index in [4.69, 9.17) is 4.74 Å². The molecule has 0 saturated heterocycles. The number of benzene rings is 1. The topological polar surface area (TPSA) is 108 Å². The molecule has 0 amide bonds. The van der Waals surface area contributed by atoms with Gasteiger partial charge in [0.1, 0.15) is 20.9 Å². The van der Waals surface area contributed by atoms with Crippen molar-refractivity contribution in [3.8, 4) is 5.75 Å². The zero-order chi connectivity index (χ0) is 15.4. The van der Waals surface area contributed by atoms with E-state index in [2.05, 4.69) is 9.05 Å². The molecule has 0 radical (unpaired) electrons. The molecule has 0 aliphatic carbocycles. The molecular formula is C11H16O7P2-2. The van der Waals surface area contributed by atoms with Crippen LogP contribution in [0.4, 0.5) is 0 Å². The number of hydrogen-bond donors (Lipinski definition) is 0. The van der Waals surface area contributed by atoms with Crippen LogP contribution in [0.3, 0.4) is 0 Å². The van der Waals surface area contributed by atoms with Crippen molar-refractivity contribution in [1.82, 2.24) is 0 Å². The Morgan fingerprint density at radius 3 is 1.60 bits per heavy atom. The molecule has 7 nitrogen and oxygen atoms in total. The summed E-state index contributed by atoms with van der Waals surface area (Å²) in [6.07, 6.45) is -0.687. The summed E-state index contributed by atoms with van der Waals surface area (Å²) in [6, 6.07) is 4.49. The Kier molecular flexibility index (Phi) is 5.95. The molecule has 2 atom stereocenters. The van der Waals surface area contributed by atoms with Crippen LogP contribution >= 0.6 is 15.2 Å². The molecule has 20 heavy (non-hydrogen) atoms. The fourth-order valence-corrected chi connectivity index (χ4v) is 3.12. The number of hydrogen-bond acceptors (Lipinski definition) is 7. The molecule has 0 fully saturated rings. The van der Waals surface area contributed by atoms with Gasteiger partial charge in [0.2, 0.25) is 0 Å². The molecule has 1 aromatic carbocycles. The van der Waals surface area contributed by atoms with E-state index in [9.17, 15) is 18.9 Å². The van der Waals surface area contributed by atoms with Crippen LogP contribution < -0.4 is 14.5 Å². The molecule has 9 heteroatoms. The van der Waals surface area contributed by atoms with Gasteiger partial charge in [0.25, 0.3) is 0 Å². The van der Waals surface area contributed by atoms with Gasteiger partial charge in [-0.3, -0.25) is 0 Å². The van der Waals surface area contributed by atoms with Crippen molar-refractivity contribution in [2.75, 3.05) is 21.3 Å². The van der Waals surface area contributed by atoms with Crippen molar-refractivity contribution in [2.45, 2.75) is 12.3 Å². The smallest absolute Gasteiger partial charge is 0.139 e. The summed E-state index contributed by atoms with van der Waals surface area (Å²) >= 11 is 0. The Morgan fingerprint density at radius 1 is 0.900 bits per heavy atom. The second-order valence-corrected chi connectivity index (χ2v) is 7.90. The predicted molar refractivity (Wildman–Crippen MR) is 69.6 cm³/mol. The van der Waals surface area contributed by atoms with Gasteiger partial charge in [-0.15, -0.1) is 0 Å². The molecule has 0 saturated carbocycles. The monoisotopic (exact) mass is 322 g/mol. The van der Waals surface area contributed by atoms with Gasteiger partial charge in [0.15, 0.2) is 0 Å². The first-order valence-electron chi connectivity index (χ1n) is 5.60. The molecule has 0 spiro atoms. The standard InChI is InChI=1S/C11H18O7P2/c1-16-11-5-9(7-19(12,13)17-2)4-10(6-11)8-20(14,15)18-3/h4-6H,7-8H2,1-3H3,(H,12,13)(H,14,15)/p-2. The molecule has 0 aliphatic heterocycles. The largest absolute Gasteiger partial charge is 0.778 e. The van der Waals surface area contributed by atoms with Crippen molar-refractivity contribution in [1.29, 1.82) is 0 Å². The highest BCUT2D eigenvalue weighted by atomic mass is 31.2. The van der Waals surface area contributed by atoms with E-state index >= 15 is 0 Å².